The maximum absolute atomic E-state index is 5.50. The van der Waals surface area contributed by atoms with E-state index in [4.69, 9.17) is 14.2 Å². The van der Waals surface area contributed by atoms with E-state index in [1.165, 1.54) is 0 Å². The van der Waals surface area contributed by atoms with Crippen molar-refractivity contribution in [1.82, 2.24) is 0 Å². The molecule has 0 bridgehead atoms. The van der Waals surface area contributed by atoms with Crippen LogP contribution in [0.25, 0.3) is 0 Å². The van der Waals surface area contributed by atoms with E-state index in [-0.39, 0.29) is 4.87 Å². The second-order valence-corrected chi connectivity index (χ2v) is 4.51. The molecule has 0 rings (SSSR count). The molecule has 0 aliphatic carbocycles. The van der Waals surface area contributed by atoms with Crippen LogP contribution in [0.15, 0.2) is 0 Å². The molecule has 14 heavy (non-hydrogen) atoms. The van der Waals surface area contributed by atoms with Crippen molar-refractivity contribution in [2.24, 2.45) is 0 Å². The van der Waals surface area contributed by atoms with Crippen molar-refractivity contribution in [3.8, 4) is 0 Å². The smallest absolute Gasteiger partial charge is 0.283 e. The Morgan fingerprint density at radius 2 is 1.43 bits per heavy atom. The van der Waals surface area contributed by atoms with Crippen molar-refractivity contribution in [2.75, 3.05) is 19.8 Å². The molecule has 83 valence electrons. The average molecular weight is 235 g/mol. The van der Waals surface area contributed by atoms with Crippen molar-refractivity contribution in [3.05, 3.63) is 0 Å². The van der Waals surface area contributed by atoms with Gasteiger partial charge in [0.25, 0.3) is 5.97 Å². The van der Waals surface area contributed by atoms with Crippen LogP contribution >= 0.6 is 12.6 Å². The molecule has 1 unspecified atom stereocenters. The van der Waals surface area contributed by atoms with E-state index in [0.717, 1.165) is 0 Å². The Morgan fingerprint density at radius 1 is 1.07 bits per heavy atom. The highest BCUT2D eigenvalue weighted by Crippen LogP contribution is 2.23. The first-order valence-corrected chi connectivity index (χ1v) is 6.00. The predicted octanol–water partition coefficient (Wildman–Crippen LogP) is 1.56. The fraction of sp³-hybridized carbons (Fsp3) is 1.00. The first kappa shape index (κ1) is 14.4. The molecule has 0 saturated heterocycles. The molecular weight excluding hydrogens is 216 g/mol. The van der Waals surface area contributed by atoms with E-state index in [0.29, 0.717) is 26.2 Å². The molecule has 3 radical (unpaired) electrons. The summed E-state index contributed by atoms with van der Waals surface area (Å²) in [6.07, 6.45) is 0.544. The second-order valence-electron chi connectivity index (χ2n) is 2.70. The molecule has 0 amide bonds. The van der Waals surface area contributed by atoms with Crippen LogP contribution in [0.5, 0.6) is 0 Å². The molecule has 3 nitrogen and oxygen atoms in total. The molecule has 0 aromatic carbocycles. The van der Waals surface area contributed by atoms with E-state index in [1.807, 2.05) is 20.8 Å². The maximum atomic E-state index is 5.50. The lowest BCUT2D eigenvalue weighted by Gasteiger charge is -2.33. The standard InChI is InChI=1S/C9H19O3SSi/c1-4-10-9(11-5-2,12-6-3)7-8(13)14/h8,13H,4-7H2,1-3H3. The number of rotatable bonds is 8. The summed E-state index contributed by atoms with van der Waals surface area (Å²) in [6, 6.07) is 0. The van der Waals surface area contributed by atoms with Gasteiger partial charge in [-0.3, -0.25) is 0 Å². The zero-order valence-electron chi connectivity index (χ0n) is 9.08. The van der Waals surface area contributed by atoms with Crippen LogP contribution in [0, 0.1) is 0 Å². The van der Waals surface area contributed by atoms with Crippen LogP contribution in [0.4, 0.5) is 0 Å². The quantitative estimate of drug-likeness (QED) is 0.393. The lowest BCUT2D eigenvalue weighted by atomic mass is 10.4. The number of ether oxygens (including phenoxy) is 3. The molecule has 0 aliphatic rings. The zero-order chi connectivity index (χ0) is 11.0. The van der Waals surface area contributed by atoms with Gasteiger partial charge in [0.05, 0.1) is 0 Å². The normalized spacial score (nSPS) is 14.4. The Bertz CT molecular complexity index is 127. The van der Waals surface area contributed by atoms with Gasteiger partial charge in [0.15, 0.2) is 0 Å². The summed E-state index contributed by atoms with van der Waals surface area (Å²) in [5.74, 6) is -0.952. The fourth-order valence-electron chi connectivity index (χ4n) is 1.20. The topological polar surface area (TPSA) is 27.7 Å². The molecule has 0 heterocycles. The minimum Gasteiger partial charge on any atom is -0.328 e. The average Bonchev–Trinajstić information content (AvgIpc) is 2.03. The molecule has 0 N–H and O–H groups in total. The third kappa shape index (κ3) is 5.36. The first-order chi connectivity index (χ1) is 6.60. The molecule has 0 fully saturated rings. The summed E-state index contributed by atoms with van der Waals surface area (Å²) in [5.41, 5.74) is 0. The van der Waals surface area contributed by atoms with Gasteiger partial charge in [-0.1, -0.05) is 0 Å². The molecule has 0 saturated carbocycles. The van der Waals surface area contributed by atoms with Crippen LogP contribution in [0.1, 0.15) is 27.2 Å². The number of hydrogen-bond donors (Lipinski definition) is 1. The largest absolute Gasteiger partial charge is 0.328 e. The van der Waals surface area contributed by atoms with Crippen LogP contribution in [-0.2, 0) is 14.2 Å². The molecule has 0 aromatic rings. The fourth-order valence-corrected chi connectivity index (χ4v) is 1.67. The van der Waals surface area contributed by atoms with E-state index in [2.05, 4.69) is 22.9 Å². The predicted molar refractivity (Wildman–Crippen MR) is 60.8 cm³/mol. The monoisotopic (exact) mass is 235 g/mol. The van der Waals surface area contributed by atoms with Gasteiger partial charge < -0.3 is 14.2 Å². The van der Waals surface area contributed by atoms with Crippen molar-refractivity contribution < 1.29 is 14.2 Å². The maximum Gasteiger partial charge on any atom is 0.283 e. The molecule has 0 spiro atoms. The van der Waals surface area contributed by atoms with E-state index in [1.54, 1.807) is 0 Å². The summed E-state index contributed by atoms with van der Waals surface area (Å²) in [5, 5.41) is 0. The summed E-state index contributed by atoms with van der Waals surface area (Å²) < 4.78 is 16.5. The Labute approximate surface area is 95.3 Å². The SMILES string of the molecule is CCOC(CC([Si])S)(OCC)OCC. The molecule has 5 heteroatoms. The molecule has 1 atom stereocenters. The Balaban J connectivity index is 4.37. The third-order valence-electron chi connectivity index (χ3n) is 1.54. The van der Waals surface area contributed by atoms with Crippen LogP contribution in [0.2, 0.25) is 0 Å². The van der Waals surface area contributed by atoms with E-state index >= 15 is 0 Å². The number of hydrogen-bond acceptors (Lipinski definition) is 4. The van der Waals surface area contributed by atoms with Crippen LogP contribution in [-0.4, -0.2) is 40.9 Å². The lowest BCUT2D eigenvalue weighted by molar-refractivity contribution is -0.378. The van der Waals surface area contributed by atoms with Gasteiger partial charge in [0.2, 0.25) is 0 Å². The van der Waals surface area contributed by atoms with E-state index in [9.17, 15) is 0 Å². The zero-order valence-corrected chi connectivity index (χ0v) is 11.0. The first-order valence-electron chi connectivity index (χ1n) is 4.91. The van der Waals surface area contributed by atoms with Crippen molar-refractivity contribution in [1.29, 1.82) is 0 Å². The Hall–Kier alpha value is 0.447. The van der Waals surface area contributed by atoms with Gasteiger partial charge in [0.1, 0.15) is 0 Å². The third-order valence-corrected chi connectivity index (χ3v) is 1.92. The van der Waals surface area contributed by atoms with Crippen LogP contribution in [0.3, 0.4) is 0 Å². The summed E-state index contributed by atoms with van der Waals surface area (Å²) in [6.45, 7) is 7.38. The van der Waals surface area contributed by atoms with Gasteiger partial charge >= 0.3 is 0 Å². The molecular formula is C9H19O3SSi. The van der Waals surface area contributed by atoms with Gasteiger partial charge in [0, 0.05) is 36.5 Å². The van der Waals surface area contributed by atoms with Crippen LogP contribution < -0.4 is 0 Å². The van der Waals surface area contributed by atoms with Crippen molar-refractivity contribution in [3.63, 3.8) is 0 Å². The highest BCUT2D eigenvalue weighted by molar-refractivity contribution is 7.82. The summed E-state index contributed by atoms with van der Waals surface area (Å²) in [4.78, 5) is -0.0142. The van der Waals surface area contributed by atoms with Crippen molar-refractivity contribution in [2.45, 2.75) is 38.0 Å². The molecule has 0 aromatic heterocycles. The minimum absolute atomic E-state index is 0.0142. The molecule has 0 aliphatic heterocycles. The lowest BCUT2D eigenvalue weighted by Crippen LogP contribution is -2.41. The summed E-state index contributed by atoms with van der Waals surface area (Å²) >= 11 is 4.24. The van der Waals surface area contributed by atoms with Gasteiger partial charge in [-0.05, 0) is 25.6 Å². The van der Waals surface area contributed by atoms with E-state index < -0.39 is 5.97 Å². The minimum atomic E-state index is -0.952. The second kappa shape index (κ2) is 7.70. The Kier molecular flexibility index (Phi) is 7.95. The number of thiol groups is 1. The van der Waals surface area contributed by atoms with Gasteiger partial charge in [-0.25, -0.2) is 0 Å². The highest BCUT2D eigenvalue weighted by atomic mass is 32.1. The van der Waals surface area contributed by atoms with Gasteiger partial charge in [-0.2, -0.15) is 12.6 Å². The highest BCUT2D eigenvalue weighted by Gasteiger charge is 2.33. The van der Waals surface area contributed by atoms with Gasteiger partial charge in [-0.15, -0.1) is 0 Å². The van der Waals surface area contributed by atoms with Crippen molar-refractivity contribution >= 4 is 22.9 Å². The summed E-state index contributed by atoms with van der Waals surface area (Å²) in [7, 11) is 3.39. The Morgan fingerprint density at radius 3 is 1.64 bits per heavy atom.